The first kappa shape index (κ1) is 25.0. The van der Waals surface area contributed by atoms with Crippen molar-refractivity contribution >= 4 is 23.1 Å². The zero-order valence-electron chi connectivity index (χ0n) is 21.0. The number of benzene rings is 3. The molecule has 1 fully saturated rings. The zero-order chi connectivity index (χ0) is 25.8. The van der Waals surface area contributed by atoms with Crippen molar-refractivity contribution in [3.05, 3.63) is 95.1 Å². The third kappa shape index (κ3) is 5.13. The van der Waals surface area contributed by atoms with Crippen molar-refractivity contribution in [2.24, 2.45) is 5.92 Å². The van der Waals surface area contributed by atoms with Gasteiger partial charge in [0.15, 0.2) is 0 Å². The molecule has 0 saturated carbocycles. The minimum absolute atomic E-state index is 0.0242. The Morgan fingerprint density at radius 1 is 0.944 bits per heavy atom. The van der Waals surface area contributed by atoms with Gasteiger partial charge in [0.1, 0.15) is 17.3 Å². The Kier molecular flexibility index (Phi) is 7.44. The van der Waals surface area contributed by atoms with Gasteiger partial charge in [-0.05, 0) is 67.3 Å². The van der Waals surface area contributed by atoms with E-state index in [-0.39, 0.29) is 11.3 Å². The summed E-state index contributed by atoms with van der Waals surface area (Å²) < 4.78 is 11.5. The van der Waals surface area contributed by atoms with Crippen LogP contribution < -0.4 is 14.4 Å². The van der Waals surface area contributed by atoms with Gasteiger partial charge < -0.3 is 14.6 Å². The summed E-state index contributed by atoms with van der Waals surface area (Å²) in [4.78, 5) is 28.2. The molecule has 1 atom stereocenters. The van der Waals surface area contributed by atoms with E-state index in [1.165, 1.54) is 4.90 Å². The Bertz CT molecular complexity index is 1310. The SMILES string of the molecule is CCOc1cccc(C2/C(=C(\O)c3cccc(OCC(C)C)c3)C(=O)C(=O)N2c2cccc(C)c2)c1. The van der Waals surface area contributed by atoms with E-state index in [1.807, 2.05) is 64.1 Å². The second kappa shape index (κ2) is 10.7. The van der Waals surface area contributed by atoms with Crippen molar-refractivity contribution in [2.75, 3.05) is 18.1 Å². The summed E-state index contributed by atoms with van der Waals surface area (Å²) >= 11 is 0. The molecule has 6 nitrogen and oxygen atoms in total. The predicted octanol–water partition coefficient (Wildman–Crippen LogP) is 6.05. The highest BCUT2D eigenvalue weighted by Gasteiger charge is 2.47. The maximum atomic E-state index is 13.4. The van der Waals surface area contributed by atoms with Crippen molar-refractivity contribution in [3.63, 3.8) is 0 Å². The van der Waals surface area contributed by atoms with Gasteiger partial charge >= 0.3 is 0 Å². The first-order valence-electron chi connectivity index (χ1n) is 12.1. The second-order valence-electron chi connectivity index (χ2n) is 9.25. The van der Waals surface area contributed by atoms with Crippen LogP contribution in [0.15, 0.2) is 78.4 Å². The van der Waals surface area contributed by atoms with Crippen LogP contribution in [0.4, 0.5) is 5.69 Å². The molecule has 1 N–H and O–H groups in total. The summed E-state index contributed by atoms with van der Waals surface area (Å²) in [5.41, 5.74) is 2.62. The minimum atomic E-state index is -0.826. The van der Waals surface area contributed by atoms with Crippen LogP contribution in [-0.2, 0) is 9.59 Å². The van der Waals surface area contributed by atoms with Crippen LogP contribution in [0.1, 0.15) is 43.5 Å². The number of aliphatic hydroxyl groups is 1. The van der Waals surface area contributed by atoms with Gasteiger partial charge in [-0.2, -0.15) is 0 Å². The number of carbonyl (C=O) groups is 2. The van der Waals surface area contributed by atoms with Crippen LogP contribution in [0.25, 0.3) is 5.76 Å². The normalized spacial score (nSPS) is 17.0. The van der Waals surface area contributed by atoms with E-state index in [0.717, 1.165) is 5.56 Å². The summed E-state index contributed by atoms with van der Waals surface area (Å²) in [5, 5.41) is 11.4. The number of aliphatic hydroxyl groups excluding tert-OH is 1. The lowest BCUT2D eigenvalue weighted by Crippen LogP contribution is -2.29. The maximum Gasteiger partial charge on any atom is 0.300 e. The van der Waals surface area contributed by atoms with Gasteiger partial charge in [-0.1, -0.05) is 50.2 Å². The highest BCUT2D eigenvalue weighted by molar-refractivity contribution is 6.51. The lowest BCUT2D eigenvalue weighted by atomic mass is 9.95. The van der Waals surface area contributed by atoms with E-state index in [4.69, 9.17) is 9.47 Å². The summed E-state index contributed by atoms with van der Waals surface area (Å²) in [6.45, 7) is 8.91. The average Bonchev–Trinajstić information content (AvgIpc) is 3.13. The fraction of sp³-hybridized carbons (Fsp3) is 0.267. The maximum absolute atomic E-state index is 13.4. The highest BCUT2D eigenvalue weighted by atomic mass is 16.5. The average molecular weight is 486 g/mol. The molecule has 3 aromatic rings. The molecule has 1 unspecified atom stereocenters. The van der Waals surface area contributed by atoms with Crippen LogP contribution >= 0.6 is 0 Å². The Morgan fingerprint density at radius 2 is 1.64 bits per heavy atom. The number of hydrogen-bond donors (Lipinski definition) is 1. The van der Waals surface area contributed by atoms with Gasteiger partial charge in [0.05, 0.1) is 24.8 Å². The van der Waals surface area contributed by atoms with Crippen LogP contribution in [0.5, 0.6) is 11.5 Å². The Balaban J connectivity index is 1.88. The van der Waals surface area contributed by atoms with Crippen molar-refractivity contribution in [3.8, 4) is 11.5 Å². The van der Waals surface area contributed by atoms with E-state index in [0.29, 0.717) is 47.4 Å². The van der Waals surface area contributed by atoms with Crippen LogP contribution in [0, 0.1) is 12.8 Å². The Hall–Kier alpha value is -4.06. The molecule has 0 spiro atoms. The highest BCUT2D eigenvalue weighted by Crippen LogP contribution is 2.43. The quantitative estimate of drug-likeness (QED) is 0.239. The Morgan fingerprint density at radius 3 is 2.33 bits per heavy atom. The van der Waals surface area contributed by atoms with E-state index >= 15 is 0 Å². The van der Waals surface area contributed by atoms with Crippen molar-refractivity contribution in [1.29, 1.82) is 0 Å². The molecule has 0 bridgehead atoms. The third-order valence-electron chi connectivity index (χ3n) is 5.90. The molecule has 0 aromatic heterocycles. The largest absolute Gasteiger partial charge is 0.507 e. The van der Waals surface area contributed by atoms with Crippen molar-refractivity contribution < 1.29 is 24.2 Å². The van der Waals surface area contributed by atoms with Gasteiger partial charge in [-0.3, -0.25) is 14.5 Å². The van der Waals surface area contributed by atoms with Crippen LogP contribution in [-0.4, -0.2) is 30.0 Å². The molecular weight excluding hydrogens is 454 g/mol. The lowest BCUT2D eigenvalue weighted by Gasteiger charge is -2.26. The molecule has 6 heteroatoms. The van der Waals surface area contributed by atoms with Gasteiger partial charge in [0, 0.05) is 11.3 Å². The number of aryl methyl sites for hydroxylation is 1. The number of amides is 1. The minimum Gasteiger partial charge on any atom is -0.507 e. The van der Waals surface area contributed by atoms with Gasteiger partial charge in [-0.15, -0.1) is 0 Å². The zero-order valence-corrected chi connectivity index (χ0v) is 21.0. The number of hydrogen-bond acceptors (Lipinski definition) is 5. The first-order chi connectivity index (χ1) is 17.3. The number of rotatable bonds is 8. The molecule has 3 aromatic carbocycles. The van der Waals surface area contributed by atoms with E-state index in [9.17, 15) is 14.7 Å². The topological polar surface area (TPSA) is 76.1 Å². The lowest BCUT2D eigenvalue weighted by molar-refractivity contribution is -0.132. The number of nitrogens with zero attached hydrogens (tertiary/aromatic N) is 1. The van der Waals surface area contributed by atoms with Crippen LogP contribution in [0.2, 0.25) is 0 Å². The summed E-state index contributed by atoms with van der Waals surface area (Å²) in [7, 11) is 0. The fourth-order valence-corrected chi connectivity index (χ4v) is 4.28. The van der Waals surface area contributed by atoms with Crippen molar-refractivity contribution in [2.45, 2.75) is 33.7 Å². The standard InChI is InChI=1S/C30H31NO5/c1-5-35-24-13-7-10-21(16-24)27-26(28(32)22-11-8-14-25(17-22)36-18-19(2)3)29(33)30(34)31(27)23-12-6-9-20(4)15-23/h6-17,19,27,32H,5,18H2,1-4H3/b28-26+. The smallest absolute Gasteiger partial charge is 0.300 e. The first-order valence-corrected chi connectivity index (χ1v) is 12.1. The summed E-state index contributed by atoms with van der Waals surface area (Å²) in [6.07, 6.45) is 0. The molecule has 0 radical (unpaired) electrons. The number of carbonyl (C=O) groups excluding carboxylic acids is 2. The molecule has 1 aliphatic heterocycles. The molecule has 1 saturated heterocycles. The van der Waals surface area contributed by atoms with Gasteiger partial charge in [0.2, 0.25) is 0 Å². The molecule has 1 aliphatic rings. The monoisotopic (exact) mass is 485 g/mol. The molecule has 4 rings (SSSR count). The molecule has 1 heterocycles. The summed E-state index contributed by atoms with van der Waals surface area (Å²) in [6, 6.07) is 20.8. The predicted molar refractivity (Wildman–Crippen MR) is 140 cm³/mol. The fourth-order valence-electron chi connectivity index (χ4n) is 4.28. The number of Topliss-reactive ketones (excluding diaryl/α,β-unsaturated/α-hetero) is 1. The molecule has 186 valence electrons. The van der Waals surface area contributed by atoms with E-state index in [1.54, 1.807) is 36.4 Å². The molecule has 36 heavy (non-hydrogen) atoms. The van der Waals surface area contributed by atoms with E-state index in [2.05, 4.69) is 0 Å². The third-order valence-corrected chi connectivity index (χ3v) is 5.90. The summed E-state index contributed by atoms with van der Waals surface area (Å²) in [5.74, 6) is -0.148. The van der Waals surface area contributed by atoms with Gasteiger partial charge in [0.25, 0.3) is 11.7 Å². The molecule has 1 amide bonds. The number of ketones is 1. The molecular formula is C30H31NO5. The number of ether oxygens (including phenoxy) is 2. The van der Waals surface area contributed by atoms with Crippen molar-refractivity contribution in [1.82, 2.24) is 0 Å². The number of anilines is 1. The van der Waals surface area contributed by atoms with Crippen LogP contribution in [0.3, 0.4) is 0 Å². The second-order valence-corrected chi connectivity index (χ2v) is 9.25. The molecule has 0 aliphatic carbocycles. The van der Waals surface area contributed by atoms with Gasteiger partial charge in [-0.25, -0.2) is 0 Å². The Labute approximate surface area is 211 Å². The van der Waals surface area contributed by atoms with E-state index < -0.39 is 17.7 Å².